The van der Waals surface area contributed by atoms with E-state index < -0.39 is 28.0 Å². The Morgan fingerprint density at radius 3 is 2.70 bits per heavy atom. The summed E-state index contributed by atoms with van der Waals surface area (Å²) in [4.78, 5) is 28.6. The molecule has 0 fully saturated rings. The first-order chi connectivity index (χ1) is 14.3. The third kappa shape index (κ3) is 5.24. The lowest BCUT2D eigenvalue weighted by molar-refractivity contribution is -0.153. The molecule has 1 atom stereocenters. The van der Waals surface area contributed by atoms with E-state index in [2.05, 4.69) is 15.0 Å². The molecule has 30 heavy (non-hydrogen) atoms. The molecule has 0 bridgehead atoms. The number of amidine groups is 1. The Morgan fingerprint density at radius 1 is 1.17 bits per heavy atom. The summed E-state index contributed by atoms with van der Waals surface area (Å²) in [6.45, 7) is 3.66. The van der Waals surface area contributed by atoms with E-state index in [0.29, 0.717) is 17.7 Å². The highest BCUT2D eigenvalue weighted by molar-refractivity contribution is 7.90. The highest BCUT2D eigenvalue weighted by Crippen LogP contribution is 2.22. The number of hydrogen-bond acceptors (Lipinski definition) is 6. The lowest BCUT2D eigenvalue weighted by atomic mass is 10.2. The fourth-order valence-electron chi connectivity index (χ4n) is 2.94. The van der Waals surface area contributed by atoms with Crippen molar-refractivity contribution in [3.05, 3.63) is 59.7 Å². The number of nitrogens with one attached hydrogen (secondary N) is 2. The minimum atomic E-state index is -3.58. The molecule has 0 aliphatic carbocycles. The topological polar surface area (TPSA) is 114 Å². The van der Waals surface area contributed by atoms with Crippen molar-refractivity contribution >= 4 is 33.4 Å². The van der Waals surface area contributed by atoms with E-state index in [1.165, 1.54) is 13.0 Å². The number of fused-ring (bicyclic) bond motifs is 1. The van der Waals surface area contributed by atoms with Gasteiger partial charge < -0.3 is 10.1 Å². The molecule has 1 aliphatic heterocycles. The average molecular weight is 429 g/mol. The molecule has 0 saturated heterocycles. The van der Waals surface area contributed by atoms with Gasteiger partial charge in [-0.3, -0.25) is 19.3 Å². The van der Waals surface area contributed by atoms with Crippen LogP contribution >= 0.6 is 0 Å². The van der Waals surface area contributed by atoms with Gasteiger partial charge in [0, 0.05) is 24.2 Å². The van der Waals surface area contributed by atoms with Crippen molar-refractivity contribution in [2.24, 2.45) is 4.99 Å². The van der Waals surface area contributed by atoms with Crippen LogP contribution in [0.15, 0.2) is 58.4 Å². The minimum Gasteiger partial charge on any atom is -0.453 e. The Labute approximate surface area is 175 Å². The Kier molecular flexibility index (Phi) is 6.51. The molecule has 1 amide bonds. The number of anilines is 1. The number of nitrogens with zero attached hydrogens (tertiary/aromatic N) is 1. The van der Waals surface area contributed by atoms with Crippen molar-refractivity contribution in [2.45, 2.75) is 37.7 Å². The molecular weight excluding hydrogens is 406 g/mol. The van der Waals surface area contributed by atoms with Gasteiger partial charge in [-0.05, 0) is 50.1 Å². The van der Waals surface area contributed by atoms with Crippen molar-refractivity contribution in [3.63, 3.8) is 0 Å². The summed E-state index contributed by atoms with van der Waals surface area (Å²) < 4.78 is 31.6. The van der Waals surface area contributed by atoms with Crippen molar-refractivity contribution in [1.29, 1.82) is 0 Å². The molecule has 0 radical (unpaired) electrons. The van der Waals surface area contributed by atoms with Crippen molar-refractivity contribution in [2.75, 3.05) is 11.9 Å². The fourth-order valence-corrected chi connectivity index (χ4v) is 4.19. The van der Waals surface area contributed by atoms with Gasteiger partial charge in [0.2, 0.25) is 0 Å². The van der Waals surface area contributed by atoms with Gasteiger partial charge in [-0.2, -0.15) is 0 Å². The maximum atomic E-state index is 12.2. The van der Waals surface area contributed by atoms with Crippen LogP contribution in [-0.4, -0.2) is 38.8 Å². The summed E-state index contributed by atoms with van der Waals surface area (Å²) in [5, 5.41) is 2.71. The first-order valence-corrected chi connectivity index (χ1v) is 11.0. The number of carbonyl (C=O) groups is 2. The van der Waals surface area contributed by atoms with Crippen LogP contribution < -0.4 is 10.0 Å². The zero-order chi connectivity index (χ0) is 21.7. The monoisotopic (exact) mass is 429 g/mol. The van der Waals surface area contributed by atoms with Crippen LogP contribution in [0.25, 0.3) is 0 Å². The number of amides is 1. The van der Waals surface area contributed by atoms with E-state index in [1.54, 1.807) is 24.3 Å². The molecule has 2 N–H and O–H groups in total. The van der Waals surface area contributed by atoms with Gasteiger partial charge in [-0.25, -0.2) is 8.42 Å². The summed E-state index contributed by atoms with van der Waals surface area (Å²) >= 11 is 0. The first-order valence-electron chi connectivity index (χ1n) is 9.50. The Bertz CT molecular complexity index is 1100. The second-order valence-corrected chi connectivity index (χ2v) is 8.58. The molecule has 2 aromatic rings. The first kappa shape index (κ1) is 21.5. The standard InChI is InChI=1S/C21H23N3O5S/c1-14-7-5-8-16(13-14)23-21(26)15(2)29-19(25)11-6-12-22-20-17-9-3-4-10-18(17)30(27,28)24-20/h3-5,7-10,13,15H,6,11-12H2,1-2H3,(H,22,24)(H,23,26)/t15-/m1/s1. The Balaban J connectivity index is 1.46. The Morgan fingerprint density at radius 2 is 1.93 bits per heavy atom. The van der Waals surface area contributed by atoms with Gasteiger partial charge in [0.15, 0.2) is 6.10 Å². The van der Waals surface area contributed by atoms with E-state index in [-0.39, 0.29) is 23.7 Å². The normalized spacial score (nSPS) is 16.4. The minimum absolute atomic E-state index is 0.0627. The number of esters is 1. The largest absolute Gasteiger partial charge is 0.453 e. The van der Waals surface area contributed by atoms with Gasteiger partial charge in [-0.15, -0.1) is 0 Å². The van der Waals surface area contributed by atoms with E-state index in [0.717, 1.165) is 5.56 Å². The van der Waals surface area contributed by atoms with Gasteiger partial charge in [-0.1, -0.05) is 24.3 Å². The van der Waals surface area contributed by atoms with E-state index >= 15 is 0 Å². The highest BCUT2D eigenvalue weighted by Gasteiger charge is 2.29. The van der Waals surface area contributed by atoms with Crippen LogP contribution in [0.3, 0.4) is 0 Å². The van der Waals surface area contributed by atoms with Crippen LogP contribution in [0.2, 0.25) is 0 Å². The predicted octanol–water partition coefficient (Wildman–Crippen LogP) is 2.38. The van der Waals surface area contributed by atoms with E-state index in [1.807, 2.05) is 25.1 Å². The summed E-state index contributed by atoms with van der Waals surface area (Å²) in [5.74, 6) is -0.662. The number of carbonyl (C=O) groups excluding carboxylic acids is 2. The van der Waals surface area contributed by atoms with Crippen LogP contribution in [-0.2, 0) is 24.3 Å². The van der Waals surface area contributed by atoms with Crippen LogP contribution in [0.4, 0.5) is 5.69 Å². The summed E-state index contributed by atoms with van der Waals surface area (Å²) in [5.41, 5.74) is 2.16. The number of sulfonamides is 1. The molecule has 2 aromatic carbocycles. The Hall–Kier alpha value is -3.20. The fraction of sp³-hybridized carbons (Fsp3) is 0.286. The predicted molar refractivity (Wildman–Crippen MR) is 113 cm³/mol. The number of benzene rings is 2. The molecule has 158 valence electrons. The van der Waals surface area contributed by atoms with Gasteiger partial charge in [0.25, 0.3) is 15.9 Å². The van der Waals surface area contributed by atoms with Crippen molar-refractivity contribution in [1.82, 2.24) is 4.72 Å². The second kappa shape index (κ2) is 9.08. The molecule has 0 aromatic heterocycles. The van der Waals surface area contributed by atoms with Crippen molar-refractivity contribution in [3.8, 4) is 0 Å². The lowest BCUT2D eigenvalue weighted by Crippen LogP contribution is -2.30. The highest BCUT2D eigenvalue weighted by atomic mass is 32.2. The van der Waals surface area contributed by atoms with Gasteiger partial charge in [0.05, 0.1) is 4.90 Å². The summed E-state index contributed by atoms with van der Waals surface area (Å²) in [6, 6.07) is 13.9. The number of ether oxygens (including phenoxy) is 1. The van der Waals surface area contributed by atoms with E-state index in [9.17, 15) is 18.0 Å². The van der Waals surface area contributed by atoms with Gasteiger partial charge >= 0.3 is 5.97 Å². The van der Waals surface area contributed by atoms with Crippen LogP contribution in [0, 0.1) is 6.92 Å². The second-order valence-electron chi connectivity index (χ2n) is 6.93. The maximum absolute atomic E-state index is 12.2. The maximum Gasteiger partial charge on any atom is 0.306 e. The number of aryl methyl sites for hydroxylation is 1. The molecule has 1 heterocycles. The van der Waals surface area contributed by atoms with E-state index in [4.69, 9.17) is 4.74 Å². The molecule has 8 nitrogen and oxygen atoms in total. The van der Waals surface area contributed by atoms with Gasteiger partial charge in [0.1, 0.15) is 5.84 Å². The molecule has 0 unspecified atom stereocenters. The van der Waals surface area contributed by atoms with Crippen LogP contribution in [0.1, 0.15) is 30.9 Å². The lowest BCUT2D eigenvalue weighted by Gasteiger charge is -2.13. The summed E-state index contributed by atoms with van der Waals surface area (Å²) in [7, 11) is -3.58. The molecule has 1 aliphatic rings. The molecule has 9 heteroatoms. The average Bonchev–Trinajstić information content (AvgIpc) is 2.96. The van der Waals surface area contributed by atoms with Crippen LogP contribution in [0.5, 0.6) is 0 Å². The van der Waals surface area contributed by atoms with Crippen molar-refractivity contribution < 1.29 is 22.7 Å². The third-order valence-corrected chi connectivity index (χ3v) is 5.83. The third-order valence-electron chi connectivity index (χ3n) is 4.43. The molecule has 0 saturated carbocycles. The number of hydrogen-bond donors (Lipinski definition) is 2. The zero-order valence-electron chi connectivity index (χ0n) is 16.7. The molecule has 0 spiro atoms. The molecular formula is C21H23N3O5S. The zero-order valence-corrected chi connectivity index (χ0v) is 17.5. The summed E-state index contributed by atoms with van der Waals surface area (Å²) in [6.07, 6.45) is -0.510. The quantitative estimate of drug-likeness (QED) is 0.518. The SMILES string of the molecule is Cc1cccc(NC(=O)[C@@H](C)OC(=O)CCCN=C2NS(=O)(=O)c3ccccc32)c1. The smallest absolute Gasteiger partial charge is 0.306 e. The number of aliphatic imine (C=N–C) groups is 1. The number of rotatable bonds is 7. The molecule has 3 rings (SSSR count).